The molecule has 0 radical (unpaired) electrons. The zero-order valence-electron chi connectivity index (χ0n) is 18.3. The zero-order chi connectivity index (χ0) is 22.9. The second-order valence-corrected chi connectivity index (χ2v) is 9.75. The molecule has 1 heterocycles. The van der Waals surface area contributed by atoms with Gasteiger partial charge in [0.1, 0.15) is 10.7 Å². The topological polar surface area (TPSA) is 63.7 Å². The molecule has 0 unspecified atom stereocenters. The van der Waals surface area contributed by atoms with Gasteiger partial charge in [0.15, 0.2) is 0 Å². The first-order chi connectivity index (χ1) is 15.3. The molecule has 1 aliphatic heterocycles. The Hall–Kier alpha value is -3.38. The largest absolute Gasteiger partial charge is 0.494 e. The number of sulfone groups is 1. The van der Waals surface area contributed by atoms with Crippen molar-refractivity contribution in [1.82, 2.24) is 0 Å². The van der Waals surface area contributed by atoms with Crippen molar-refractivity contribution < 1.29 is 17.9 Å². The molecule has 3 aromatic carbocycles. The Morgan fingerprint density at radius 2 is 1.59 bits per heavy atom. The van der Waals surface area contributed by atoms with Gasteiger partial charge in [-0.1, -0.05) is 38.1 Å². The van der Waals surface area contributed by atoms with Gasteiger partial charge >= 0.3 is 0 Å². The Morgan fingerprint density at radius 1 is 0.938 bits per heavy atom. The van der Waals surface area contributed by atoms with Crippen LogP contribution >= 0.6 is 0 Å². The lowest BCUT2D eigenvalue weighted by Gasteiger charge is -2.29. The minimum Gasteiger partial charge on any atom is -0.494 e. The molecule has 0 saturated heterocycles. The molecule has 0 amide bonds. The van der Waals surface area contributed by atoms with E-state index < -0.39 is 15.6 Å². The second-order valence-electron chi connectivity index (χ2n) is 7.87. The van der Waals surface area contributed by atoms with Crippen molar-refractivity contribution in [3.63, 3.8) is 0 Å². The van der Waals surface area contributed by atoms with E-state index in [0.29, 0.717) is 24.0 Å². The number of carbonyl (C=O) groups excluding carboxylic acids is 1. The summed E-state index contributed by atoms with van der Waals surface area (Å²) in [4.78, 5) is 14.9. The Labute approximate surface area is 188 Å². The highest BCUT2D eigenvalue weighted by Crippen LogP contribution is 2.40. The van der Waals surface area contributed by atoms with Gasteiger partial charge in [0.25, 0.3) is 0 Å². The fraction of sp³-hybridized carbons (Fsp3) is 0.192. The summed E-state index contributed by atoms with van der Waals surface area (Å²) in [6, 6.07) is 21.2. The van der Waals surface area contributed by atoms with Crippen LogP contribution in [0.1, 0.15) is 42.6 Å². The van der Waals surface area contributed by atoms with Gasteiger partial charge in [-0.15, -0.1) is 0 Å². The number of ether oxygens (including phenoxy) is 1. The van der Waals surface area contributed by atoms with Gasteiger partial charge in [0, 0.05) is 17.5 Å². The highest BCUT2D eigenvalue weighted by molar-refractivity contribution is 7.96. The summed E-state index contributed by atoms with van der Waals surface area (Å²) in [5, 5.41) is 0. The minimum absolute atomic E-state index is 0.115. The van der Waals surface area contributed by atoms with Crippen LogP contribution in [0.25, 0.3) is 0 Å². The molecule has 0 saturated carbocycles. The van der Waals surface area contributed by atoms with Crippen LogP contribution in [0.5, 0.6) is 5.75 Å². The summed E-state index contributed by atoms with van der Waals surface area (Å²) in [5.74, 6) is 0.457. The van der Waals surface area contributed by atoms with E-state index in [0.717, 1.165) is 5.69 Å². The lowest BCUT2D eigenvalue weighted by Crippen LogP contribution is -2.25. The highest BCUT2D eigenvalue weighted by Gasteiger charge is 2.36. The number of fused-ring (bicyclic) bond motifs is 1. The summed E-state index contributed by atoms with van der Waals surface area (Å²) in [7, 11) is -3.97. The van der Waals surface area contributed by atoms with Gasteiger partial charge in [-0.2, -0.15) is 0 Å². The van der Waals surface area contributed by atoms with Crippen LogP contribution in [0, 0.1) is 0 Å². The fourth-order valence-corrected chi connectivity index (χ4v) is 5.23. The monoisotopic (exact) mass is 447 g/mol. The molecule has 4 rings (SSSR count). The molecule has 164 valence electrons. The molecule has 1 aliphatic rings. The summed E-state index contributed by atoms with van der Waals surface area (Å²) in [6.45, 7) is 6.61. The number of anilines is 2. The number of rotatable bonds is 6. The summed E-state index contributed by atoms with van der Waals surface area (Å²) in [6.07, 6.45) is 1.43. The number of allylic oxidation sites excluding steroid dienone is 1. The van der Waals surface area contributed by atoms with Crippen LogP contribution in [-0.2, 0) is 9.84 Å². The number of benzene rings is 3. The Balaban J connectivity index is 1.81. The molecule has 5 nitrogen and oxygen atoms in total. The summed E-state index contributed by atoms with van der Waals surface area (Å²) >= 11 is 0. The van der Waals surface area contributed by atoms with E-state index in [-0.39, 0.29) is 15.4 Å². The Kier molecular flexibility index (Phi) is 5.89. The third kappa shape index (κ3) is 3.94. The lowest BCUT2D eigenvalue weighted by molar-refractivity contribution is 0.104. The van der Waals surface area contributed by atoms with Crippen molar-refractivity contribution in [1.29, 1.82) is 0 Å². The van der Waals surface area contributed by atoms with Gasteiger partial charge in [-0.05, 0) is 66.9 Å². The second kappa shape index (κ2) is 8.63. The normalized spacial score (nSPS) is 14.6. The molecule has 0 bridgehead atoms. The summed E-state index contributed by atoms with van der Waals surface area (Å²) in [5.41, 5.74) is 2.78. The molecule has 32 heavy (non-hydrogen) atoms. The van der Waals surface area contributed by atoms with Gasteiger partial charge in [0.2, 0.25) is 15.6 Å². The zero-order valence-corrected chi connectivity index (χ0v) is 19.1. The predicted molar refractivity (Wildman–Crippen MR) is 126 cm³/mol. The van der Waals surface area contributed by atoms with E-state index in [2.05, 4.69) is 13.8 Å². The molecule has 0 aliphatic carbocycles. The van der Waals surface area contributed by atoms with Crippen LogP contribution in [0.2, 0.25) is 0 Å². The Bertz CT molecular complexity index is 1270. The van der Waals surface area contributed by atoms with Crippen molar-refractivity contribution in [3.05, 3.63) is 95.0 Å². The predicted octanol–water partition coefficient (Wildman–Crippen LogP) is 5.86. The number of para-hydroxylation sites is 1. The van der Waals surface area contributed by atoms with E-state index >= 15 is 0 Å². The number of hydrogen-bond acceptors (Lipinski definition) is 5. The maximum Gasteiger partial charge on any atom is 0.214 e. The third-order valence-corrected chi connectivity index (χ3v) is 7.23. The molecular formula is C26H25NO4S. The van der Waals surface area contributed by atoms with Crippen molar-refractivity contribution in [2.45, 2.75) is 31.6 Å². The van der Waals surface area contributed by atoms with Crippen LogP contribution in [0.15, 0.2) is 88.8 Å². The first kappa shape index (κ1) is 21.8. The molecule has 0 aromatic heterocycles. The Morgan fingerprint density at radius 3 is 2.22 bits per heavy atom. The van der Waals surface area contributed by atoms with E-state index in [1.165, 1.54) is 11.8 Å². The van der Waals surface area contributed by atoms with Crippen LogP contribution in [0.3, 0.4) is 0 Å². The highest BCUT2D eigenvalue weighted by atomic mass is 32.2. The van der Waals surface area contributed by atoms with Crippen LogP contribution in [-0.4, -0.2) is 20.8 Å². The first-order valence-corrected chi connectivity index (χ1v) is 12.0. The van der Waals surface area contributed by atoms with Gasteiger partial charge in [0.05, 0.1) is 17.2 Å². The third-order valence-electron chi connectivity index (χ3n) is 5.44. The van der Waals surface area contributed by atoms with Crippen molar-refractivity contribution >= 4 is 27.0 Å². The SMILES string of the molecule is CCOc1ccc(C(=O)C2=CN(c3ccc(C(C)C)cc3)c3ccccc3S2(=O)=O)cc1. The summed E-state index contributed by atoms with van der Waals surface area (Å²) < 4.78 is 32.2. The van der Waals surface area contributed by atoms with E-state index in [1.807, 2.05) is 31.2 Å². The van der Waals surface area contributed by atoms with E-state index in [1.54, 1.807) is 53.4 Å². The number of carbonyl (C=O) groups is 1. The quantitative estimate of drug-likeness (QED) is 0.443. The van der Waals surface area contributed by atoms with E-state index in [4.69, 9.17) is 4.74 Å². The molecular weight excluding hydrogens is 422 g/mol. The average molecular weight is 448 g/mol. The maximum absolute atomic E-state index is 13.4. The average Bonchev–Trinajstić information content (AvgIpc) is 2.80. The van der Waals surface area contributed by atoms with Crippen LogP contribution in [0.4, 0.5) is 11.4 Å². The number of ketones is 1. The van der Waals surface area contributed by atoms with Crippen molar-refractivity contribution in [3.8, 4) is 5.75 Å². The molecule has 0 atom stereocenters. The molecule has 0 N–H and O–H groups in total. The van der Waals surface area contributed by atoms with Crippen molar-refractivity contribution in [2.75, 3.05) is 11.5 Å². The minimum atomic E-state index is -3.97. The van der Waals surface area contributed by atoms with Gasteiger partial charge in [-0.25, -0.2) is 8.42 Å². The first-order valence-electron chi connectivity index (χ1n) is 10.6. The lowest BCUT2D eigenvalue weighted by atomic mass is 10.0. The molecule has 0 spiro atoms. The maximum atomic E-state index is 13.4. The van der Waals surface area contributed by atoms with Gasteiger partial charge in [-0.3, -0.25) is 4.79 Å². The number of Topliss-reactive ketones (excluding diaryl/α,β-unsaturated/α-hetero) is 1. The standard InChI is InChI=1S/C26H25NO4S/c1-4-31-22-15-11-20(12-16-22)26(28)25-17-27(21-13-9-19(10-14-21)18(2)3)23-7-5-6-8-24(23)32(25,29)30/h5-18H,4H2,1-3H3. The smallest absolute Gasteiger partial charge is 0.214 e. The molecule has 3 aromatic rings. The van der Waals surface area contributed by atoms with Crippen molar-refractivity contribution in [2.24, 2.45) is 0 Å². The fourth-order valence-electron chi connectivity index (χ4n) is 3.68. The van der Waals surface area contributed by atoms with Crippen LogP contribution < -0.4 is 9.64 Å². The number of hydrogen-bond donors (Lipinski definition) is 0. The number of nitrogens with zero attached hydrogens (tertiary/aromatic N) is 1. The molecule has 6 heteroatoms. The molecule has 0 fully saturated rings. The van der Waals surface area contributed by atoms with Gasteiger partial charge < -0.3 is 9.64 Å². The van der Waals surface area contributed by atoms with E-state index in [9.17, 15) is 13.2 Å².